The molecule has 3 aromatic rings. The molecule has 0 aliphatic rings. The van der Waals surface area contributed by atoms with Crippen LogP contribution >= 0.6 is 15.9 Å². The van der Waals surface area contributed by atoms with E-state index in [4.69, 9.17) is 0 Å². The van der Waals surface area contributed by atoms with Gasteiger partial charge in [0.25, 0.3) is 0 Å². The molecule has 0 saturated carbocycles. The highest BCUT2D eigenvalue weighted by molar-refractivity contribution is 9.10. The van der Waals surface area contributed by atoms with Gasteiger partial charge in [0.1, 0.15) is 5.82 Å². The van der Waals surface area contributed by atoms with Crippen LogP contribution in [0, 0.1) is 5.82 Å². The summed E-state index contributed by atoms with van der Waals surface area (Å²) in [7, 11) is 0. The highest BCUT2D eigenvalue weighted by Crippen LogP contribution is 2.27. The fourth-order valence-corrected chi connectivity index (χ4v) is 2.83. The fourth-order valence-electron chi connectivity index (χ4n) is 2.47. The molecule has 0 aliphatic carbocycles. The summed E-state index contributed by atoms with van der Waals surface area (Å²) in [6.07, 6.45) is 1.86. The Morgan fingerprint density at radius 1 is 1.19 bits per heavy atom. The monoisotopic (exact) mass is 345 g/mol. The number of halogens is 2. The molecule has 0 N–H and O–H groups in total. The van der Waals surface area contributed by atoms with E-state index in [0.29, 0.717) is 11.1 Å². The maximum Gasteiger partial charge on any atom is 0.195 e. The predicted molar refractivity (Wildman–Crippen MR) is 85.1 cm³/mol. The van der Waals surface area contributed by atoms with Crippen molar-refractivity contribution in [3.63, 3.8) is 0 Å². The summed E-state index contributed by atoms with van der Waals surface area (Å²) in [5.74, 6) is -0.435. The number of aromatic nitrogens is 1. The van der Waals surface area contributed by atoms with Gasteiger partial charge in [-0.3, -0.25) is 4.79 Å². The first-order valence-electron chi connectivity index (χ1n) is 6.69. The number of hydrogen-bond acceptors (Lipinski definition) is 1. The van der Waals surface area contributed by atoms with Crippen LogP contribution in [0.1, 0.15) is 22.8 Å². The van der Waals surface area contributed by atoms with Gasteiger partial charge in [0.2, 0.25) is 0 Å². The molecule has 1 aromatic heterocycles. The molecule has 0 saturated heterocycles. The van der Waals surface area contributed by atoms with Gasteiger partial charge < -0.3 is 4.57 Å². The molecule has 2 aromatic carbocycles. The predicted octanol–water partition coefficient (Wildman–Crippen LogP) is 4.79. The van der Waals surface area contributed by atoms with Crippen LogP contribution in [0.15, 0.2) is 53.1 Å². The second-order valence-corrected chi connectivity index (χ2v) is 5.74. The molecule has 0 fully saturated rings. The third-order valence-corrected chi connectivity index (χ3v) is 4.03. The lowest BCUT2D eigenvalue weighted by Crippen LogP contribution is -2.00. The number of hydrogen-bond donors (Lipinski definition) is 0. The first kappa shape index (κ1) is 14.0. The Balaban J connectivity index is 2.17. The van der Waals surface area contributed by atoms with Crippen LogP contribution in [0.2, 0.25) is 0 Å². The van der Waals surface area contributed by atoms with Crippen LogP contribution in [0.3, 0.4) is 0 Å². The van der Waals surface area contributed by atoms with Crippen molar-refractivity contribution in [2.75, 3.05) is 0 Å². The molecule has 1 heterocycles. The number of fused-ring (bicyclic) bond motifs is 1. The van der Waals surface area contributed by atoms with Crippen molar-refractivity contribution in [2.24, 2.45) is 0 Å². The Bertz CT molecular complexity index is 821. The van der Waals surface area contributed by atoms with Crippen molar-refractivity contribution in [2.45, 2.75) is 13.5 Å². The highest BCUT2D eigenvalue weighted by atomic mass is 79.9. The smallest absolute Gasteiger partial charge is 0.195 e. The van der Waals surface area contributed by atoms with E-state index in [-0.39, 0.29) is 11.6 Å². The van der Waals surface area contributed by atoms with E-state index >= 15 is 0 Å². The lowest BCUT2D eigenvalue weighted by atomic mass is 10.0. The van der Waals surface area contributed by atoms with Gasteiger partial charge in [0, 0.05) is 39.2 Å². The molecule has 0 bridgehead atoms. The summed E-state index contributed by atoms with van der Waals surface area (Å²) in [5, 5.41) is 0.903. The second-order valence-electron chi connectivity index (χ2n) is 4.83. The van der Waals surface area contributed by atoms with E-state index in [0.717, 1.165) is 21.9 Å². The minimum atomic E-state index is -0.342. The van der Waals surface area contributed by atoms with Crippen molar-refractivity contribution in [1.82, 2.24) is 4.57 Å². The molecule has 2 nitrogen and oxygen atoms in total. The minimum Gasteiger partial charge on any atom is -0.347 e. The number of ketones is 1. The Labute approximate surface area is 130 Å². The summed E-state index contributed by atoms with van der Waals surface area (Å²) in [5.41, 5.74) is 2.15. The van der Waals surface area contributed by atoms with Gasteiger partial charge in [-0.05, 0) is 49.4 Å². The van der Waals surface area contributed by atoms with Gasteiger partial charge in [-0.25, -0.2) is 4.39 Å². The van der Waals surface area contributed by atoms with Crippen molar-refractivity contribution < 1.29 is 9.18 Å². The number of rotatable bonds is 3. The fraction of sp³-hybridized carbons (Fsp3) is 0.118. The third-order valence-electron chi connectivity index (χ3n) is 3.53. The van der Waals surface area contributed by atoms with Crippen molar-refractivity contribution in [3.05, 3.63) is 70.1 Å². The summed E-state index contributed by atoms with van der Waals surface area (Å²) in [6.45, 7) is 2.82. The first-order valence-corrected chi connectivity index (χ1v) is 7.48. The van der Waals surface area contributed by atoms with E-state index in [9.17, 15) is 9.18 Å². The zero-order chi connectivity index (χ0) is 15.0. The van der Waals surface area contributed by atoms with Gasteiger partial charge in [-0.2, -0.15) is 0 Å². The van der Waals surface area contributed by atoms with Crippen LogP contribution in [-0.4, -0.2) is 10.4 Å². The van der Waals surface area contributed by atoms with E-state index in [1.165, 1.54) is 24.3 Å². The van der Waals surface area contributed by atoms with Crippen LogP contribution < -0.4 is 0 Å². The number of carbonyl (C=O) groups is 1. The SMILES string of the molecule is CCn1cc(C(=O)c2ccc(F)cc2)c2cc(Br)ccc21. The summed E-state index contributed by atoms with van der Waals surface area (Å²) in [4.78, 5) is 12.7. The van der Waals surface area contributed by atoms with E-state index < -0.39 is 0 Å². The summed E-state index contributed by atoms with van der Waals surface area (Å²) in [6, 6.07) is 11.5. The summed E-state index contributed by atoms with van der Waals surface area (Å²) < 4.78 is 16.0. The number of carbonyl (C=O) groups excluding carboxylic acids is 1. The Morgan fingerprint density at radius 2 is 1.90 bits per heavy atom. The van der Waals surface area contributed by atoms with E-state index in [1.54, 1.807) is 0 Å². The molecule has 0 atom stereocenters. The molecule has 106 valence electrons. The lowest BCUT2D eigenvalue weighted by Gasteiger charge is -2.00. The molecule has 3 rings (SSSR count). The standard InChI is InChI=1S/C17H13BrFNO/c1-2-20-10-15(14-9-12(18)5-8-16(14)20)17(21)11-3-6-13(19)7-4-11/h3-10H,2H2,1H3. The Kier molecular flexibility index (Phi) is 3.64. The largest absolute Gasteiger partial charge is 0.347 e. The van der Waals surface area contributed by atoms with E-state index in [1.807, 2.05) is 35.9 Å². The molecular weight excluding hydrogens is 333 g/mol. The van der Waals surface area contributed by atoms with Crippen molar-refractivity contribution in [3.8, 4) is 0 Å². The second kappa shape index (κ2) is 5.45. The first-order chi connectivity index (χ1) is 10.1. The van der Waals surface area contributed by atoms with E-state index in [2.05, 4.69) is 15.9 Å². The maximum absolute atomic E-state index is 13.0. The lowest BCUT2D eigenvalue weighted by molar-refractivity contribution is 0.104. The topological polar surface area (TPSA) is 22.0 Å². The van der Waals surface area contributed by atoms with Gasteiger partial charge in [0.05, 0.1) is 0 Å². The average Bonchev–Trinajstić information content (AvgIpc) is 2.85. The van der Waals surface area contributed by atoms with Crippen molar-refractivity contribution >= 4 is 32.6 Å². The van der Waals surface area contributed by atoms with Crippen molar-refractivity contribution in [1.29, 1.82) is 0 Å². The quantitative estimate of drug-likeness (QED) is 0.625. The van der Waals surface area contributed by atoms with Crippen LogP contribution in [0.4, 0.5) is 4.39 Å². The molecule has 0 amide bonds. The van der Waals surface area contributed by atoms with Gasteiger partial charge in [-0.15, -0.1) is 0 Å². The Hall–Kier alpha value is -1.94. The molecule has 0 aliphatic heterocycles. The molecule has 0 spiro atoms. The number of benzene rings is 2. The molecule has 0 radical (unpaired) electrons. The van der Waals surface area contributed by atoms with Gasteiger partial charge in [-0.1, -0.05) is 15.9 Å². The third kappa shape index (κ3) is 2.51. The molecule has 21 heavy (non-hydrogen) atoms. The average molecular weight is 346 g/mol. The zero-order valence-electron chi connectivity index (χ0n) is 11.4. The van der Waals surface area contributed by atoms with Crippen LogP contribution in [0.5, 0.6) is 0 Å². The van der Waals surface area contributed by atoms with Crippen LogP contribution in [0.25, 0.3) is 10.9 Å². The molecule has 4 heteroatoms. The molecular formula is C17H13BrFNO. The zero-order valence-corrected chi connectivity index (χ0v) is 13.0. The van der Waals surface area contributed by atoms with Gasteiger partial charge >= 0.3 is 0 Å². The summed E-state index contributed by atoms with van der Waals surface area (Å²) >= 11 is 3.44. The molecule has 0 unspecified atom stereocenters. The number of aryl methyl sites for hydroxylation is 1. The minimum absolute atomic E-state index is 0.0923. The highest BCUT2D eigenvalue weighted by Gasteiger charge is 2.16. The Morgan fingerprint density at radius 3 is 2.57 bits per heavy atom. The number of nitrogens with zero attached hydrogens (tertiary/aromatic N) is 1. The maximum atomic E-state index is 13.0. The van der Waals surface area contributed by atoms with Gasteiger partial charge in [0.15, 0.2) is 5.78 Å². The normalized spacial score (nSPS) is 11.0. The van der Waals surface area contributed by atoms with Crippen LogP contribution in [-0.2, 0) is 6.54 Å².